The first-order valence-electron chi connectivity index (χ1n) is 3.79. The van der Waals surface area contributed by atoms with Crippen LogP contribution in [-0.4, -0.2) is 22.1 Å². The molecular formula is C7H10IN2O2P. The van der Waals surface area contributed by atoms with Gasteiger partial charge in [-0.05, 0) is 35.9 Å². The fourth-order valence-electron chi connectivity index (χ4n) is 0.905. The Bertz CT molecular complexity index is 313. The summed E-state index contributed by atoms with van der Waals surface area (Å²) in [6, 6.07) is 0. The van der Waals surface area contributed by atoms with E-state index in [1.165, 1.54) is 0 Å². The monoisotopic (exact) mass is 312 g/mol. The molecule has 0 aliphatic rings. The van der Waals surface area contributed by atoms with E-state index in [0.717, 1.165) is 5.56 Å². The molecule has 0 fully saturated rings. The molecule has 0 aliphatic carbocycles. The van der Waals surface area contributed by atoms with Crippen molar-refractivity contribution in [2.24, 2.45) is 0 Å². The van der Waals surface area contributed by atoms with Gasteiger partial charge in [-0.25, -0.2) is 9.25 Å². The Kier molecular flexibility index (Phi) is 4.12. The molecule has 13 heavy (non-hydrogen) atoms. The second kappa shape index (κ2) is 4.91. The van der Waals surface area contributed by atoms with E-state index in [4.69, 9.17) is 4.74 Å². The second-order valence-corrected chi connectivity index (χ2v) is 4.48. The molecule has 0 aliphatic heterocycles. The zero-order valence-corrected chi connectivity index (χ0v) is 10.5. The minimum absolute atomic E-state index is 0.339. The lowest BCUT2D eigenvalue weighted by molar-refractivity contribution is 0.0518. The van der Waals surface area contributed by atoms with Crippen molar-refractivity contribution >= 4 is 34.4 Å². The lowest BCUT2D eigenvalue weighted by Crippen LogP contribution is -2.06. The molecule has 0 spiro atoms. The average Bonchev–Trinajstić information content (AvgIpc) is 2.47. The molecule has 1 unspecified atom stereocenters. The largest absolute Gasteiger partial charge is 0.461 e. The van der Waals surface area contributed by atoms with Crippen LogP contribution >= 0.6 is 28.4 Å². The van der Waals surface area contributed by atoms with Crippen LogP contribution in [0.3, 0.4) is 0 Å². The van der Waals surface area contributed by atoms with Gasteiger partial charge in [0.2, 0.25) is 0 Å². The molecule has 0 aromatic carbocycles. The fourth-order valence-corrected chi connectivity index (χ4v) is 2.03. The SMILES string of the molecule is CCOC(=O)c1nn(PI)cc1C. The van der Waals surface area contributed by atoms with Crippen LogP contribution in [0, 0.1) is 6.92 Å². The summed E-state index contributed by atoms with van der Waals surface area (Å²) < 4.78 is 6.59. The Labute approximate surface area is 91.4 Å². The maximum Gasteiger partial charge on any atom is 0.359 e. The van der Waals surface area contributed by atoms with E-state index in [9.17, 15) is 4.79 Å². The number of nitrogens with zero attached hydrogens (tertiary/aromatic N) is 2. The van der Waals surface area contributed by atoms with E-state index >= 15 is 0 Å². The number of carbonyl (C=O) groups excluding carboxylic acids is 1. The lowest BCUT2D eigenvalue weighted by Gasteiger charge is -1.97. The summed E-state index contributed by atoms with van der Waals surface area (Å²) in [5.41, 5.74) is 1.29. The third-order valence-electron chi connectivity index (χ3n) is 1.45. The smallest absolute Gasteiger partial charge is 0.359 e. The molecule has 1 aromatic heterocycles. The van der Waals surface area contributed by atoms with Crippen LogP contribution in [-0.2, 0) is 4.74 Å². The molecular weight excluding hydrogens is 302 g/mol. The number of hydrogen-bond acceptors (Lipinski definition) is 3. The predicted molar refractivity (Wildman–Crippen MR) is 60.7 cm³/mol. The maximum atomic E-state index is 11.3. The second-order valence-electron chi connectivity index (χ2n) is 2.41. The Morgan fingerprint density at radius 3 is 3.00 bits per heavy atom. The fraction of sp³-hybridized carbons (Fsp3) is 0.429. The number of hydrogen-bond donors (Lipinski definition) is 0. The first-order chi connectivity index (χ1) is 6.19. The van der Waals surface area contributed by atoms with Gasteiger partial charge in [0, 0.05) is 11.8 Å². The van der Waals surface area contributed by atoms with Gasteiger partial charge in [-0.15, -0.1) is 0 Å². The van der Waals surface area contributed by atoms with Crippen molar-refractivity contribution in [3.05, 3.63) is 17.5 Å². The van der Waals surface area contributed by atoms with Gasteiger partial charge < -0.3 is 4.74 Å². The molecule has 0 bridgehead atoms. The van der Waals surface area contributed by atoms with Crippen molar-refractivity contribution in [3.63, 3.8) is 0 Å². The summed E-state index contributed by atoms with van der Waals surface area (Å²) in [5, 5.41) is 4.09. The third kappa shape index (κ3) is 2.64. The quantitative estimate of drug-likeness (QED) is 0.488. The zero-order chi connectivity index (χ0) is 9.84. The highest BCUT2D eigenvalue weighted by Gasteiger charge is 2.14. The highest BCUT2D eigenvalue weighted by Crippen LogP contribution is 2.23. The van der Waals surface area contributed by atoms with E-state index in [1.54, 1.807) is 11.4 Å². The van der Waals surface area contributed by atoms with Crippen molar-refractivity contribution in [1.82, 2.24) is 9.55 Å². The van der Waals surface area contributed by atoms with Crippen molar-refractivity contribution in [3.8, 4) is 0 Å². The standard InChI is InChI=1S/C7H10IN2O2P/c1-3-12-7(11)6-5(2)4-10(9-6)13-8/h4,13H,3H2,1-2H3. The van der Waals surface area contributed by atoms with Crippen LogP contribution in [0.2, 0.25) is 0 Å². The maximum absolute atomic E-state index is 11.3. The topological polar surface area (TPSA) is 44.1 Å². The molecule has 4 nitrogen and oxygen atoms in total. The molecule has 1 aromatic rings. The molecule has 0 radical (unpaired) electrons. The van der Waals surface area contributed by atoms with Crippen molar-refractivity contribution in [1.29, 1.82) is 0 Å². The highest BCUT2D eigenvalue weighted by atomic mass is 127. The number of rotatable bonds is 3. The van der Waals surface area contributed by atoms with Crippen LogP contribution in [0.4, 0.5) is 0 Å². The van der Waals surface area contributed by atoms with Gasteiger partial charge in [0.25, 0.3) is 0 Å². The third-order valence-corrected chi connectivity index (χ3v) is 3.34. The number of aromatic nitrogens is 2. The van der Waals surface area contributed by atoms with Crippen molar-refractivity contribution < 1.29 is 9.53 Å². The van der Waals surface area contributed by atoms with Crippen LogP contribution in [0.1, 0.15) is 23.0 Å². The number of carbonyl (C=O) groups is 1. The van der Waals surface area contributed by atoms with E-state index in [1.807, 2.05) is 13.1 Å². The van der Waals surface area contributed by atoms with E-state index in [-0.39, 0.29) is 5.97 Å². The Morgan fingerprint density at radius 1 is 1.85 bits per heavy atom. The number of halogens is 1. The van der Waals surface area contributed by atoms with Gasteiger partial charge in [0.05, 0.1) is 13.0 Å². The molecule has 1 rings (SSSR count). The van der Waals surface area contributed by atoms with Crippen LogP contribution in [0.5, 0.6) is 0 Å². The summed E-state index contributed by atoms with van der Waals surface area (Å²) in [6.45, 7) is 4.02. The van der Waals surface area contributed by atoms with Crippen LogP contribution in [0.25, 0.3) is 0 Å². The summed E-state index contributed by atoms with van der Waals surface area (Å²) in [4.78, 5) is 11.3. The summed E-state index contributed by atoms with van der Waals surface area (Å²) in [7, 11) is 0. The molecule has 0 amide bonds. The summed E-state index contributed by atoms with van der Waals surface area (Å²) >= 11 is 2.20. The Morgan fingerprint density at radius 2 is 2.54 bits per heavy atom. The summed E-state index contributed by atoms with van der Waals surface area (Å²) in [5.74, 6) is -0.339. The summed E-state index contributed by atoms with van der Waals surface area (Å²) in [6.07, 6.45) is 2.35. The number of aryl methyl sites for hydroxylation is 1. The van der Waals surface area contributed by atoms with Crippen LogP contribution in [0.15, 0.2) is 6.20 Å². The van der Waals surface area contributed by atoms with Gasteiger partial charge in [-0.1, -0.05) is 0 Å². The average molecular weight is 312 g/mol. The predicted octanol–water partition coefficient (Wildman–Crippen LogP) is 2.16. The molecule has 0 N–H and O–H groups in total. The lowest BCUT2D eigenvalue weighted by atomic mass is 10.3. The molecule has 0 saturated heterocycles. The van der Waals surface area contributed by atoms with E-state index in [2.05, 4.69) is 27.1 Å². The van der Waals surface area contributed by atoms with Gasteiger partial charge in [0.1, 0.15) is 0 Å². The van der Waals surface area contributed by atoms with Gasteiger partial charge in [-0.3, -0.25) is 0 Å². The van der Waals surface area contributed by atoms with E-state index in [0.29, 0.717) is 18.7 Å². The van der Waals surface area contributed by atoms with E-state index < -0.39 is 0 Å². The minimum atomic E-state index is -0.339. The van der Waals surface area contributed by atoms with Crippen LogP contribution < -0.4 is 0 Å². The highest BCUT2D eigenvalue weighted by molar-refractivity contribution is 14.2. The first kappa shape index (κ1) is 10.9. The molecule has 1 heterocycles. The van der Waals surface area contributed by atoms with Gasteiger partial charge >= 0.3 is 5.97 Å². The zero-order valence-electron chi connectivity index (χ0n) is 7.37. The van der Waals surface area contributed by atoms with Gasteiger partial charge in [0.15, 0.2) is 5.69 Å². The van der Waals surface area contributed by atoms with Crippen molar-refractivity contribution in [2.45, 2.75) is 13.8 Å². The number of ether oxygens (including phenoxy) is 1. The van der Waals surface area contributed by atoms with Gasteiger partial charge in [-0.2, -0.15) is 5.10 Å². The van der Waals surface area contributed by atoms with Crippen molar-refractivity contribution in [2.75, 3.05) is 6.61 Å². The molecule has 0 saturated carbocycles. The molecule has 1 atom stereocenters. The first-order valence-corrected chi connectivity index (χ1v) is 7.85. The normalized spacial score (nSPS) is 11.0. The molecule has 6 heteroatoms. The Balaban J connectivity index is 2.87. The Hall–Kier alpha value is -0.160. The molecule has 72 valence electrons. The minimum Gasteiger partial charge on any atom is -0.461 e. The number of esters is 1.